The molecule has 0 bridgehead atoms. The van der Waals surface area contributed by atoms with Crippen LogP contribution in [0.4, 0.5) is 10.8 Å². The molecule has 0 unspecified atom stereocenters. The number of fused-ring (bicyclic) bond motifs is 9. The van der Waals surface area contributed by atoms with E-state index in [-0.39, 0.29) is 11.2 Å². The van der Waals surface area contributed by atoms with Crippen molar-refractivity contribution in [2.24, 2.45) is 46.3 Å². The number of ether oxygens (including phenoxy) is 2. The Kier molecular flexibility index (Phi) is 6.16. The predicted molar refractivity (Wildman–Crippen MR) is 168 cm³/mol. The Labute approximate surface area is 254 Å². The van der Waals surface area contributed by atoms with Gasteiger partial charge in [0.05, 0.1) is 23.3 Å². The minimum atomic E-state index is -0.320. The number of nitrogens with one attached hydrogen (secondary N) is 1. The van der Waals surface area contributed by atoms with Crippen LogP contribution in [0.15, 0.2) is 24.3 Å². The zero-order chi connectivity index (χ0) is 28.3. The third kappa shape index (κ3) is 3.87. The number of rotatable bonds is 2. The SMILES string of the molecule is Cc1ccc(Nc2nc3c(s2)C2=CC[C@H]4[C@@H]5C[C@@H]6O[C@]7(CC[C@@H](C)CO7)[C@@H](C)[C@@H]6[C@@]5(C)CC[C@@H]4[C@@]2(C)CC3)cc1Cl. The summed E-state index contributed by atoms with van der Waals surface area (Å²) in [7, 11) is 0. The third-order valence-corrected chi connectivity index (χ3v) is 14.4. The first-order valence-electron chi connectivity index (χ1n) is 16.2. The number of aromatic nitrogens is 1. The van der Waals surface area contributed by atoms with Gasteiger partial charge in [0.1, 0.15) is 0 Å². The molecule has 0 radical (unpaired) electrons. The van der Waals surface area contributed by atoms with Crippen LogP contribution >= 0.6 is 22.9 Å². The maximum absolute atomic E-state index is 7.00. The van der Waals surface area contributed by atoms with Crippen LogP contribution < -0.4 is 5.32 Å². The zero-order valence-electron chi connectivity index (χ0n) is 25.3. The van der Waals surface area contributed by atoms with Crippen molar-refractivity contribution in [1.82, 2.24) is 4.98 Å². The Morgan fingerprint density at radius 1 is 1.10 bits per heavy atom. The normalized spacial score (nSPS) is 44.4. The van der Waals surface area contributed by atoms with Gasteiger partial charge in [0.2, 0.25) is 0 Å². The summed E-state index contributed by atoms with van der Waals surface area (Å²) >= 11 is 8.25. The number of aryl methyl sites for hydroxylation is 2. The van der Waals surface area contributed by atoms with Gasteiger partial charge in [-0.2, -0.15) is 0 Å². The van der Waals surface area contributed by atoms with Crippen LogP contribution in [0.1, 0.15) is 88.8 Å². The van der Waals surface area contributed by atoms with Crippen LogP contribution in [-0.4, -0.2) is 23.5 Å². The Morgan fingerprint density at radius 3 is 2.73 bits per heavy atom. The van der Waals surface area contributed by atoms with Crippen LogP contribution in [0, 0.1) is 53.3 Å². The number of hydrogen-bond donors (Lipinski definition) is 1. The lowest BCUT2D eigenvalue weighted by Crippen LogP contribution is -2.51. The molecule has 2 aliphatic heterocycles. The van der Waals surface area contributed by atoms with Gasteiger partial charge < -0.3 is 14.8 Å². The first-order valence-corrected chi connectivity index (χ1v) is 17.4. The molecular weight excluding hydrogens is 548 g/mol. The van der Waals surface area contributed by atoms with Gasteiger partial charge in [-0.25, -0.2) is 4.98 Å². The van der Waals surface area contributed by atoms with Crippen LogP contribution in [0.3, 0.4) is 0 Å². The molecule has 2 saturated carbocycles. The number of hydrogen-bond acceptors (Lipinski definition) is 5. The van der Waals surface area contributed by atoms with Gasteiger partial charge in [-0.1, -0.05) is 62.8 Å². The molecule has 1 N–H and O–H groups in total. The summed E-state index contributed by atoms with van der Waals surface area (Å²) in [6.07, 6.45) is 12.7. The second-order valence-electron chi connectivity index (χ2n) is 15.0. The Morgan fingerprint density at radius 2 is 1.95 bits per heavy atom. The topological polar surface area (TPSA) is 43.4 Å². The molecule has 2 aromatic rings. The largest absolute Gasteiger partial charge is 0.349 e. The van der Waals surface area contributed by atoms with Crippen LogP contribution in [0.2, 0.25) is 5.02 Å². The first kappa shape index (κ1) is 27.2. The molecule has 1 aromatic carbocycles. The molecule has 10 atom stereocenters. The van der Waals surface area contributed by atoms with E-state index in [0.717, 1.165) is 58.6 Å². The number of halogens is 1. The van der Waals surface area contributed by atoms with Crippen LogP contribution in [0.5, 0.6) is 0 Å². The minimum Gasteiger partial charge on any atom is -0.349 e. The van der Waals surface area contributed by atoms with Gasteiger partial charge in [0.25, 0.3) is 0 Å². The number of benzene rings is 1. The lowest BCUT2D eigenvalue weighted by atomic mass is 9.47. The molecule has 41 heavy (non-hydrogen) atoms. The monoisotopic (exact) mass is 592 g/mol. The van der Waals surface area contributed by atoms with Crippen molar-refractivity contribution < 1.29 is 9.47 Å². The van der Waals surface area contributed by atoms with E-state index in [4.69, 9.17) is 26.1 Å². The summed E-state index contributed by atoms with van der Waals surface area (Å²) in [4.78, 5) is 6.50. The minimum absolute atomic E-state index is 0.238. The van der Waals surface area contributed by atoms with Gasteiger partial charge in [-0.3, -0.25) is 0 Å². The highest BCUT2D eigenvalue weighted by atomic mass is 35.5. The first-order chi connectivity index (χ1) is 19.6. The van der Waals surface area contributed by atoms with Crippen LogP contribution in [0.25, 0.3) is 5.57 Å². The fourth-order valence-electron chi connectivity index (χ4n) is 10.7. The molecule has 4 aliphatic carbocycles. The van der Waals surface area contributed by atoms with Gasteiger partial charge in [0, 0.05) is 23.0 Å². The van der Waals surface area contributed by atoms with Crippen LogP contribution in [-0.2, 0) is 15.9 Å². The van der Waals surface area contributed by atoms with Crippen molar-refractivity contribution in [3.8, 4) is 0 Å². The standard InChI is InChI=1S/C35H45ClN2O2S/c1-19-10-15-35(39-18-19)21(3)30-29(40-35)17-26-23-8-9-25-31-28(12-14-33(25,4)24(23)11-13-34(26,30)5)38-32(41-31)37-22-7-6-20(2)27(36)16-22/h6-7,9,16,19,21,23-24,26,29-30H,8,10-15,17-18H2,1-5H3,(H,37,38)/t19-,21+,23-,24+,26+,29+,30+,33-,34+,35-/m1/s1. The molecule has 220 valence electrons. The lowest BCUT2D eigenvalue weighted by Gasteiger charge is -2.57. The van der Waals surface area contributed by atoms with Crippen molar-refractivity contribution in [2.75, 3.05) is 11.9 Å². The summed E-state index contributed by atoms with van der Waals surface area (Å²) in [6.45, 7) is 12.9. The molecule has 6 aliphatic rings. The van der Waals surface area contributed by atoms with E-state index < -0.39 is 0 Å². The van der Waals surface area contributed by atoms with Gasteiger partial charge >= 0.3 is 0 Å². The summed E-state index contributed by atoms with van der Waals surface area (Å²) in [6, 6.07) is 6.18. The number of thiazole rings is 1. The summed E-state index contributed by atoms with van der Waals surface area (Å²) < 4.78 is 13.5. The molecule has 1 spiro atoms. The van der Waals surface area contributed by atoms with E-state index in [1.807, 2.05) is 24.3 Å². The zero-order valence-corrected chi connectivity index (χ0v) is 26.8. The third-order valence-electron chi connectivity index (χ3n) is 13.0. The van der Waals surface area contributed by atoms with Crippen molar-refractivity contribution in [3.05, 3.63) is 45.4 Å². The average molecular weight is 593 g/mol. The van der Waals surface area contributed by atoms with E-state index in [9.17, 15) is 0 Å². The molecular formula is C35H45ClN2O2S. The number of nitrogens with zero attached hydrogens (tertiary/aromatic N) is 1. The maximum Gasteiger partial charge on any atom is 0.187 e. The summed E-state index contributed by atoms with van der Waals surface area (Å²) in [5.41, 5.74) is 5.57. The molecule has 3 heterocycles. The second-order valence-corrected chi connectivity index (χ2v) is 16.5. The Bertz CT molecular complexity index is 1410. The molecule has 1 aromatic heterocycles. The maximum atomic E-state index is 7.00. The molecule has 2 saturated heterocycles. The molecule has 4 fully saturated rings. The molecule has 0 amide bonds. The fraction of sp³-hybridized carbons (Fsp3) is 0.686. The fourth-order valence-corrected chi connectivity index (χ4v) is 12.1. The van der Waals surface area contributed by atoms with E-state index in [1.54, 1.807) is 5.57 Å². The molecule has 8 rings (SSSR count). The highest BCUT2D eigenvalue weighted by molar-refractivity contribution is 7.16. The van der Waals surface area contributed by atoms with Crippen molar-refractivity contribution >= 4 is 39.3 Å². The molecule has 6 heteroatoms. The van der Waals surface area contributed by atoms with E-state index in [2.05, 4.69) is 51.2 Å². The highest BCUT2D eigenvalue weighted by Gasteiger charge is 2.68. The Balaban J connectivity index is 1.06. The van der Waals surface area contributed by atoms with E-state index >= 15 is 0 Å². The second kappa shape index (κ2) is 9.30. The highest BCUT2D eigenvalue weighted by Crippen LogP contribution is 2.71. The Hall–Kier alpha value is -1.40. The van der Waals surface area contributed by atoms with Gasteiger partial charge in [0.15, 0.2) is 10.9 Å². The van der Waals surface area contributed by atoms with Crippen molar-refractivity contribution in [1.29, 1.82) is 0 Å². The smallest absolute Gasteiger partial charge is 0.187 e. The van der Waals surface area contributed by atoms with Gasteiger partial charge in [-0.15, -0.1) is 0 Å². The summed E-state index contributed by atoms with van der Waals surface area (Å²) in [5.74, 6) is 3.71. The average Bonchev–Trinajstić information content (AvgIpc) is 3.57. The molecule has 4 nitrogen and oxygen atoms in total. The van der Waals surface area contributed by atoms with E-state index in [1.165, 1.54) is 49.1 Å². The summed E-state index contributed by atoms with van der Waals surface area (Å²) in [5, 5.41) is 5.33. The predicted octanol–water partition coefficient (Wildman–Crippen LogP) is 9.43. The van der Waals surface area contributed by atoms with Crippen molar-refractivity contribution in [2.45, 2.75) is 97.9 Å². The number of allylic oxidation sites excluding steroid dienone is 2. The number of anilines is 2. The quantitative estimate of drug-likeness (QED) is 0.377. The van der Waals surface area contributed by atoms with E-state index in [0.29, 0.717) is 29.3 Å². The van der Waals surface area contributed by atoms with Crippen molar-refractivity contribution in [3.63, 3.8) is 0 Å². The van der Waals surface area contributed by atoms with Gasteiger partial charge in [-0.05, 0) is 116 Å². The lowest BCUT2D eigenvalue weighted by molar-refractivity contribution is -0.272.